The Kier molecular flexibility index (Phi) is 5.44. The molecule has 4 nitrogen and oxygen atoms in total. The number of likely N-dealkylation sites (N-methyl/N-ethyl adjacent to an activating group) is 1. The first-order valence-corrected chi connectivity index (χ1v) is 8.74. The lowest BCUT2D eigenvalue weighted by atomic mass is 10.1. The van der Waals surface area contributed by atoms with Crippen LogP contribution in [0.3, 0.4) is 0 Å². The average molecular weight is 320 g/mol. The van der Waals surface area contributed by atoms with Crippen molar-refractivity contribution in [2.45, 2.75) is 6.10 Å². The van der Waals surface area contributed by atoms with Crippen LogP contribution in [-0.4, -0.2) is 67.9 Å². The van der Waals surface area contributed by atoms with Gasteiger partial charge in [0.1, 0.15) is 6.10 Å². The number of fused-ring (bicyclic) bond motifs is 1. The summed E-state index contributed by atoms with van der Waals surface area (Å²) >= 11 is 1.72. The Morgan fingerprint density at radius 2 is 2.05 bits per heavy atom. The van der Waals surface area contributed by atoms with Gasteiger partial charge in [0.05, 0.1) is 13.2 Å². The molecule has 1 aliphatic rings. The number of thiophene rings is 1. The summed E-state index contributed by atoms with van der Waals surface area (Å²) in [5.41, 5.74) is 0.936. The van der Waals surface area contributed by atoms with Crippen molar-refractivity contribution in [2.24, 2.45) is 0 Å². The second-order valence-electron chi connectivity index (χ2n) is 5.95. The topological polar surface area (TPSA) is 35.9 Å². The monoisotopic (exact) mass is 320 g/mol. The predicted octanol–water partition coefficient (Wildman–Crippen LogP) is 2.20. The lowest BCUT2D eigenvalue weighted by Crippen LogP contribution is -2.45. The fourth-order valence-electron chi connectivity index (χ4n) is 2.75. The Morgan fingerprint density at radius 3 is 2.86 bits per heavy atom. The SMILES string of the molecule is CN1CCN(CCOCC(O)c2ccc3sccc3c2)CC1. The van der Waals surface area contributed by atoms with E-state index in [2.05, 4.69) is 40.4 Å². The third-order valence-electron chi connectivity index (χ3n) is 4.28. The minimum Gasteiger partial charge on any atom is -0.386 e. The molecule has 2 aromatic rings. The Morgan fingerprint density at radius 1 is 1.23 bits per heavy atom. The largest absolute Gasteiger partial charge is 0.386 e. The highest BCUT2D eigenvalue weighted by atomic mass is 32.1. The molecule has 1 aromatic heterocycles. The maximum atomic E-state index is 10.2. The number of aliphatic hydroxyl groups excluding tert-OH is 1. The molecule has 0 bridgehead atoms. The molecule has 1 saturated heterocycles. The van der Waals surface area contributed by atoms with E-state index in [0.717, 1.165) is 38.3 Å². The Hall–Kier alpha value is -0.980. The van der Waals surface area contributed by atoms with Crippen LogP contribution in [0, 0.1) is 0 Å². The number of rotatable bonds is 6. The van der Waals surface area contributed by atoms with E-state index in [-0.39, 0.29) is 0 Å². The Bertz CT molecular complexity index is 593. The summed E-state index contributed by atoms with van der Waals surface area (Å²) in [6.45, 7) is 6.47. The number of nitrogens with zero attached hydrogens (tertiary/aromatic N) is 2. The van der Waals surface area contributed by atoms with Gasteiger partial charge in [-0.2, -0.15) is 0 Å². The van der Waals surface area contributed by atoms with Gasteiger partial charge in [-0.05, 0) is 41.6 Å². The third-order valence-corrected chi connectivity index (χ3v) is 5.18. The summed E-state index contributed by atoms with van der Waals surface area (Å²) in [7, 11) is 2.16. The minimum atomic E-state index is -0.545. The number of ether oxygens (including phenoxy) is 1. The molecule has 5 heteroatoms. The van der Waals surface area contributed by atoms with Gasteiger partial charge in [-0.3, -0.25) is 4.90 Å². The molecule has 0 spiro atoms. The van der Waals surface area contributed by atoms with Crippen molar-refractivity contribution in [1.82, 2.24) is 9.80 Å². The molecule has 0 saturated carbocycles. The molecular formula is C17H24N2O2S. The van der Waals surface area contributed by atoms with Gasteiger partial charge in [0.25, 0.3) is 0 Å². The van der Waals surface area contributed by atoms with E-state index in [1.807, 2.05) is 6.07 Å². The molecule has 120 valence electrons. The maximum absolute atomic E-state index is 10.2. The Labute approximate surface area is 135 Å². The van der Waals surface area contributed by atoms with Crippen molar-refractivity contribution >= 4 is 21.4 Å². The zero-order valence-corrected chi connectivity index (χ0v) is 13.9. The van der Waals surface area contributed by atoms with E-state index in [9.17, 15) is 5.11 Å². The molecular weight excluding hydrogens is 296 g/mol. The van der Waals surface area contributed by atoms with Crippen LogP contribution < -0.4 is 0 Å². The first kappa shape index (κ1) is 15.9. The maximum Gasteiger partial charge on any atom is 0.102 e. The first-order valence-electron chi connectivity index (χ1n) is 7.86. The highest BCUT2D eigenvalue weighted by Gasteiger charge is 2.14. The highest BCUT2D eigenvalue weighted by Crippen LogP contribution is 2.24. The summed E-state index contributed by atoms with van der Waals surface area (Å²) in [4.78, 5) is 4.77. The van der Waals surface area contributed by atoms with Gasteiger partial charge in [0.15, 0.2) is 0 Å². The van der Waals surface area contributed by atoms with Crippen molar-refractivity contribution in [1.29, 1.82) is 0 Å². The van der Waals surface area contributed by atoms with Crippen LogP contribution in [0.1, 0.15) is 11.7 Å². The number of aliphatic hydroxyl groups is 1. The Balaban J connectivity index is 1.41. The lowest BCUT2D eigenvalue weighted by molar-refractivity contribution is 0.0215. The molecule has 22 heavy (non-hydrogen) atoms. The van der Waals surface area contributed by atoms with Crippen LogP contribution in [0.15, 0.2) is 29.6 Å². The summed E-state index contributed by atoms with van der Waals surface area (Å²) in [6.07, 6.45) is -0.545. The molecule has 1 aliphatic heterocycles. The fourth-order valence-corrected chi connectivity index (χ4v) is 3.52. The zero-order chi connectivity index (χ0) is 15.4. The molecule has 0 radical (unpaired) electrons. The number of benzene rings is 1. The van der Waals surface area contributed by atoms with Crippen LogP contribution in [0.2, 0.25) is 0 Å². The first-order chi connectivity index (χ1) is 10.7. The van der Waals surface area contributed by atoms with Gasteiger partial charge in [-0.1, -0.05) is 6.07 Å². The smallest absolute Gasteiger partial charge is 0.102 e. The second-order valence-corrected chi connectivity index (χ2v) is 6.90. The average Bonchev–Trinajstić information content (AvgIpc) is 3.00. The molecule has 1 atom stereocenters. The van der Waals surface area contributed by atoms with Crippen molar-refractivity contribution in [2.75, 3.05) is 53.0 Å². The normalized spacial score (nSPS) is 18.8. The quantitative estimate of drug-likeness (QED) is 0.828. The van der Waals surface area contributed by atoms with Crippen LogP contribution in [-0.2, 0) is 4.74 Å². The summed E-state index contributed by atoms with van der Waals surface area (Å²) in [5, 5.41) is 13.5. The summed E-state index contributed by atoms with van der Waals surface area (Å²) in [5.74, 6) is 0. The number of hydrogen-bond acceptors (Lipinski definition) is 5. The van der Waals surface area contributed by atoms with E-state index < -0.39 is 6.10 Å². The van der Waals surface area contributed by atoms with Gasteiger partial charge in [0.2, 0.25) is 0 Å². The van der Waals surface area contributed by atoms with Gasteiger partial charge in [-0.15, -0.1) is 11.3 Å². The van der Waals surface area contributed by atoms with E-state index in [1.54, 1.807) is 11.3 Å². The van der Waals surface area contributed by atoms with E-state index in [4.69, 9.17) is 4.74 Å². The van der Waals surface area contributed by atoms with Crippen LogP contribution >= 0.6 is 11.3 Å². The van der Waals surface area contributed by atoms with Crippen molar-refractivity contribution in [3.63, 3.8) is 0 Å². The molecule has 1 unspecified atom stereocenters. The summed E-state index contributed by atoms with van der Waals surface area (Å²) < 4.78 is 6.93. The van der Waals surface area contributed by atoms with E-state index >= 15 is 0 Å². The lowest BCUT2D eigenvalue weighted by Gasteiger charge is -2.32. The summed E-state index contributed by atoms with van der Waals surface area (Å²) in [6, 6.07) is 8.21. The van der Waals surface area contributed by atoms with Crippen LogP contribution in [0.5, 0.6) is 0 Å². The van der Waals surface area contributed by atoms with Gasteiger partial charge in [0, 0.05) is 37.4 Å². The molecule has 3 rings (SSSR count). The van der Waals surface area contributed by atoms with Crippen LogP contribution in [0.25, 0.3) is 10.1 Å². The van der Waals surface area contributed by atoms with Gasteiger partial charge in [-0.25, -0.2) is 0 Å². The minimum absolute atomic E-state index is 0.364. The predicted molar refractivity (Wildman–Crippen MR) is 91.5 cm³/mol. The number of piperazine rings is 1. The van der Waals surface area contributed by atoms with Crippen molar-refractivity contribution in [3.05, 3.63) is 35.2 Å². The number of hydrogen-bond donors (Lipinski definition) is 1. The van der Waals surface area contributed by atoms with Gasteiger partial charge >= 0.3 is 0 Å². The molecule has 1 aromatic carbocycles. The molecule has 1 fully saturated rings. The zero-order valence-electron chi connectivity index (χ0n) is 13.1. The van der Waals surface area contributed by atoms with Crippen molar-refractivity contribution < 1.29 is 9.84 Å². The van der Waals surface area contributed by atoms with E-state index in [1.165, 1.54) is 10.1 Å². The molecule has 1 N–H and O–H groups in total. The highest BCUT2D eigenvalue weighted by molar-refractivity contribution is 7.17. The fraction of sp³-hybridized carbons (Fsp3) is 0.529. The standard InChI is InChI=1S/C17H24N2O2S/c1-18-5-7-19(8-6-18)9-10-21-13-16(20)14-2-3-17-15(12-14)4-11-22-17/h2-4,11-12,16,20H,5-10,13H2,1H3. The van der Waals surface area contributed by atoms with Crippen molar-refractivity contribution in [3.8, 4) is 0 Å². The van der Waals surface area contributed by atoms with Gasteiger partial charge < -0.3 is 14.7 Å². The van der Waals surface area contributed by atoms with E-state index in [0.29, 0.717) is 13.2 Å². The third kappa shape index (κ3) is 4.06. The molecule has 2 heterocycles. The van der Waals surface area contributed by atoms with Crippen LogP contribution in [0.4, 0.5) is 0 Å². The molecule has 0 amide bonds. The molecule has 0 aliphatic carbocycles. The second kappa shape index (κ2) is 7.53.